The van der Waals surface area contributed by atoms with Gasteiger partial charge in [0.05, 0.1) is 20.8 Å². The number of benzene rings is 2. The van der Waals surface area contributed by atoms with Crippen LogP contribution in [0, 0.1) is 0 Å². The average molecular weight is 437 g/mol. The van der Waals surface area contributed by atoms with E-state index >= 15 is 0 Å². The fraction of sp³-hybridized carbons (Fsp3) is 0.409. The maximum Gasteiger partial charge on any atom is 0.387 e. The number of hydrogen-bond acceptors (Lipinski definition) is 5. The molecule has 2 aromatic carbocycles. The quantitative estimate of drug-likeness (QED) is 0.438. The molecule has 0 fully saturated rings. The molecular formula is C22H29F2N3O4. The number of nitrogens with zero attached hydrogens (tertiary/aromatic N) is 2. The fourth-order valence-electron chi connectivity index (χ4n) is 2.97. The Balaban J connectivity index is 2.10. The molecule has 1 unspecified atom stereocenters. The molecule has 0 aliphatic rings. The lowest BCUT2D eigenvalue weighted by Gasteiger charge is -2.23. The molecule has 7 nitrogen and oxygen atoms in total. The Labute approximate surface area is 181 Å². The smallest absolute Gasteiger partial charge is 0.387 e. The summed E-state index contributed by atoms with van der Waals surface area (Å²) in [5.41, 5.74) is 1.48. The van der Waals surface area contributed by atoms with E-state index in [0.29, 0.717) is 36.1 Å². The molecule has 0 saturated heterocycles. The summed E-state index contributed by atoms with van der Waals surface area (Å²) in [6.07, 6.45) is -0.891. The number of aliphatic hydroxyl groups is 1. The number of guanidine groups is 1. The van der Waals surface area contributed by atoms with Crippen LogP contribution in [0.2, 0.25) is 0 Å². The van der Waals surface area contributed by atoms with E-state index < -0.39 is 12.7 Å². The van der Waals surface area contributed by atoms with Crippen molar-refractivity contribution < 1.29 is 28.1 Å². The topological polar surface area (TPSA) is 75.6 Å². The number of ether oxygens (including phenoxy) is 3. The minimum Gasteiger partial charge on any atom is -0.497 e. The molecule has 2 N–H and O–H groups in total. The van der Waals surface area contributed by atoms with Gasteiger partial charge in [-0.1, -0.05) is 12.1 Å². The first-order valence-electron chi connectivity index (χ1n) is 9.81. The van der Waals surface area contributed by atoms with Crippen LogP contribution in [-0.2, 0) is 6.54 Å². The molecule has 0 aliphatic heterocycles. The van der Waals surface area contributed by atoms with Gasteiger partial charge in [-0.25, -0.2) is 0 Å². The van der Waals surface area contributed by atoms with Crippen molar-refractivity contribution in [3.63, 3.8) is 0 Å². The van der Waals surface area contributed by atoms with Crippen LogP contribution in [0.1, 0.15) is 24.2 Å². The zero-order chi connectivity index (χ0) is 22.8. The highest BCUT2D eigenvalue weighted by Gasteiger charge is 2.16. The first-order valence-corrected chi connectivity index (χ1v) is 9.81. The van der Waals surface area contributed by atoms with Crippen LogP contribution in [0.3, 0.4) is 0 Å². The van der Waals surface area contributed by atoms with Crippen LogP contribution in [0.4, 0.5) is 8.78 Å². The SMILES string of the molecule is CCNC(=NCC(O)c1cc(OC)ccc1OC)N(C)Cc1ccc(OC(F)F)cc1. The average Bonchev–Trinajstić information content (AvgIpc) is 2.76. The minimum absolute atomic E-state index is 0.108. The summed E-state index contributed by atoms with van der Waals surface area (Å²) in [6, 6.07) is 11.6. The summed E-state index contributed by atoms with van der Waals surface area (Å²) in [6.45, 7) is 0.330. The maximum absolute atomic E-state index is 12.3. The van der Waals surface area contributed by atoms with E-state index in [1.54, 1.807) is 37.4 Å². The lowest BCUT2D eigenvalue weighted by Crippen LogP contribution is -2.38. The molecular weight excluding hydrogens is 408 g/mol. The second-order valence-corrected chi connectivity index (χ2v) is 6.70. The van der Waals surface area contributed by atoms with Crippen molar-refractivity contribution in [3.8, 4) is 17.2 Å². The predicted molar refractivity (Wildman–Crippen MR) is 115 cm³/mol. The zero-order valence-corrected chi connectivity index (χ0v) is 18.1. The molecule has 9 heteroatoms. The van der Waals surface area contributed by atoms with Gasteiger partial charge in [-0.05, 0) is 42.8 Å². The predicted octanol–water partition coefficient (Wildman–Crippen LogP) is 3.44. The molecule has 1 atom stereocenters. The van der Waals surface area contributed by atoms with Crippen LogP contribution in [0.5, 0.6) is 17.2 Å². The van der Waals surface area contributed by atoms with Gasteiger partial charge in [0.15, 0.2) is 5.96 Å². The van der Waals surface area contributed by atoms with Crippen LogP contribution in [0.15, 0.2) is 47.5 Å². The Morgan fingerprint density at radius 3 is 2.35 bits per heavy atom. The Morgan fingerprint density at radius 2 is 1.77 bits per heavy atom. The Morgan fingerprint density at radius 1 is 1.10 bits per heavy atom. The number of methoxy groups -OCH3 is 2. The molecule has 31 heavy (non-hydrogen) atoms. The molecule has 0 aliphatic carbocycles. The first-order chi connectivity index (χ1) is 14.9. The molecule has 2 rings (SSSR count). The molecule has 0 bridgehead atoms. The maximum atomic E-state index is 12.3. The number of alkyl halides is 2. The highest BCUT2D eigenvalue weighted by molar-refractivity contribution is 5.79. The third-order valence-corrected chi connectivity index (χ3v) is 4.47. The number of aliphatic hydroxyl groups excluding tert-OH is 1. The van der Waals surface area contributed by atoms with Gasteiger partial charge in [-0.15, -0.1) is 0 Å². The van der Waals surface area contributed by atoms with Crippen LogP contribution in [0.25, 0.3) is 0 Å². The molecule has 2 aromatic rings. The van der Waals surface area contributed by atoms with E-state index in [4.69, 9.17) is 9.47 Å². The van der Waals surface area contributed by atoms with Gasteiger partial charge in [0.1, 0.15) is 23.4 Å². The monoisotopic (exact) mass is 437 g/mol. The molecule has 0 radical (unpaired) electrons. The third-order valence-electron chi connectivity index (χ3n) is 4.47. The second kappa shape index (κ2) is 11.9. The fourth-order valence-corrected chi connectivity index (χ4v) is 2.97. The van der Waals surface area contributed by atoms with Crippen molar-refractivity contribution in [1.82, 2.24) is 10.2 Å². The summed E-state index contributed by atoms with van der Waals surface area (Å²) in [5, 5.41) is 13.9. The van der Waals surface area contributed by atoms with Gasteiger partial charge in [0, 0.05) is 25.7 Å². The van der Waals surface area contributed by atoms with Gasteiger partial charge in [-0.2, -0.15) is 8.78 Å². The van der Waals surface area contributed by atoms with Gasteiger partial charge < -0.3 is 29.5 Å². The van der Waals surface area contributed by atoms with Crippen molar-refractivity contribution >= 4 is 5.96 Å². The lowest BCUT2D eigenvalue weighted by atomic mass is 10.1. The Kier molecular flexibility index (Phi) is 9.33. The van der Waals surface area contributed by atoms with Crippen molar-refractivity contribution in [2.24, 2.45) is 4.99 Å². The number of hydrogen-bond donors (Lipinski definition) is 2. The van der Waals surface area contributed by atoms with Gasteiger partial charge in [0.25, 0.3) is 0 Å². The van der Waals surface area contributed by atoms with Gasteiger partial charge in [0.2, 0.25) is 0 Å². The number of aliphatic imine (C=N–C) groups is 1. The van der Waals surface area contributed by atoms with E-state index in [1.807, 2.05) is 18.9 Å². The van der Waals surface area contributed by atoms with E-state index in [1.165, 1.54) is 19.2 Å². The zero-order valence-electron chi connectivity index (χ0n) is 18.1. The van der Waals surface area contributed by atoms with Crippen molar-refractivity contribution in [2.45, 2.75) is 26.2 Å². The molecule has 0 spiro atoms. The number of rotatable bonds is 10. The van der Waals surface area contributed by atoms with Crippen LogP contribution < -0.4 is 19.5 Å². The van der Waals surface area contributed by atoms with E-state index in [2.05, 4.69) is 15.0 Å². The van der Waals surface area contributed by atoms with E-state index in [9.17, 15) is 13.9 Å². The van der Waals surface area contributed by atoms with Crippen molar-refractivity contribution in [1.29, 1.82) is 0 Å². The van der Waals surface area contributed by atoms with E-state index in [-0.39, 0.29) is 12.3 Å². The summed E-state index contributed by atoms with van der Waals surface area (Å²) in [5.74, 6) is 1.86. The van der Waals surface area contributed by atoms with Gasteiger partial charge >= 0.3 is 6.61 Å². The third kappa shape index (κ3) is 7.29. The second-order valence-electron chi connectivity index (χ2n) is 6.70. The van der Waals surface area contributed by atoms with Crippen molar-refractivity contribution in [2.75, 3.05) is 34.4 Å². The molecule has 0 aromatic heterocycles. The molecule has 0 heterocycles. The molecule has 0 saturated carbocycles. The summed E-state index contributed by atoms with van der Waals surface area (Å²) in [7, 11) is 4.95. The highest BCUT2D eigenvalue weighted by atomic mass is 19.3. The summed E-state index contributed by atoms with van der Waals surface area (Å²) in [4.78, 5) is 6.41. The standard InChI is InChI=1S/C22H29F2N3O4/c1-5-25-22(27(2)14-15-6-8-16(9-7-15)31-21(23)24)26-13-19(28)18-12-17(29-3)10-11-20(18)30-4/h6-12,19,21,28H,5,13-14H2,1-4H3,(H,25,26). The number of halogens is 2. The van der Waals surface area contributed by atoms with E-state index in [0.717, 1.165) is 5.56 Å². The lowest BCUT2D eigenvalue weighted by molar-refractivity contribution is -0.0498. The molecule has 170 valence electrons. The summed E-state index contributed by atoms with van der Waals surface area (Å²) < 4.78 is 39.5. The van der Waals surface area contributed by atoms with Crippen molar-refractivity contribution in [3.05, 3.63) is 53.6 Å². The van der Waals surface area contributed by atoms with Gasteiger partial charge in [-0.3, -0.25) is 4.99 Å². The largest absolute Gasteiger partial charge is 0.497 e. The Bertz CT molecular complexity index is 847. The normalized spacial score (nSPS) is 12.5. The summed E-state index contributed by atoms with van der Waals surface area (Å²) >= 11 is 0. The highest BCUT2D eigenvalue weighted by Crippen LogP contribution is 2.29. The van der Waals surface area contributed by atoms with Crippen LogP contribution >= 0.6 is 0 Å². The first kappa shape index (κ1) is 24.2. The Hall–Kier alpha value is -3.07. The van der Waals surface area contributed by atoms with Crippen LogP contribution in [-0.4, -0.2) is 56.9 Å². The number of nitrogens with one attached hydrogen (secondary N) is 1. The molecule has 0 amide bonds. The minimum atomic E-state index is -2.85.